The van der Waals surface area contributed by atoms with Crippen LogP contribution in [0.2, 0.25) is 0 Å². The van der Waals surface area contributed by atoms with Gasteiger partial charge >= 0.3 is 6.18 Å². The first-order valence-electron chi connectivity index (χ1n) is 7.84. The molecule has 0 saturated carbocycles. The van der Waals surface area contributed by atoms with Crippen LogP contribution in [0.3, 0.4) is 0 Å². The lowest BCUT2D eigenvalue weighted by atomic mass is 9.92. The molecule has 1 aliphatic rings. The van der Waals surface area contributed by atoms with Crippen LogP contribution in [0, 0.1) is 21.0 Å². The molecule has 0 bridgehead atoms. The monoisotopic (exact) mass is 518 g/mol. The van der Waals surface area contributed by atoms with Crippen LogP contribution in [-0.2, 0) is 0 Å². The summed E-state index contributed by atoms with van der Waals surface area (Å²) in [6.07, 6.45) is -6.69. The van der Waals surface area contributed by atoms with Crippen LogP contribution in [-0.4, -0.2) is 40.0 Å². The average molecular weight is 518 g/mol. The predicted octanol–water partition coefficient (Wildman–Crippen LogP) is 4.05. The van der Waals surface area contributed by atoms with Crippen molar-refractivity contribution in [3.63, 3.8) is 0 Å². The second kappa shape index (κ2) is 7.35. The van der Waals surface area contributed by atoms with Crippen molar-refractivity contribution in [3.8, 4) is 0 Å². The quantitative estimate of drug-likeness (QED) is 0.423. The smallest absolute Gasteiger partial charge is 0.378 e. The molecule has 1 saturated heterocycles. The van der Waals surface area contributed by atoms with Crippen LogP contribution in [0.4, 0.5) is 37.7 Å². The van der Waals surface area contributed by atoms with Gasteiger partial charge in [0.05, 0.1) is 11.4 Å². The second-order valence-electron chi connectivity index (χ2n) is 6.38. The second-order valence-corrected chi connectivity index (χ2v) is 7.63. The Bertz CT molecular complexity index is 902. The molecule has 2 aromatic carbocycles. The van der Waals surface area contributed by atoms with E-state index in [-0.39, 0.29) is 11.3 Å². The summed E-state index contributed by atoms with van der Waals surface area (Å²) in [6.45, 7) is -1.90. The number of halogens is 7. The fourth-order valence-electron chi connectivity index (χ4n) is 2.81. The number of likely N-dealkylation sites (tertiary alicyclic amines) is 1. The van der Waals surface area contributed by atoms with E-state index in [4.69, 9.17) is 0 Å². The number of aliphatic hydroxyl groups is 2. The van der Waals surface area contributed by atoms with Crippen molar-refractivity contribution in [1.29, 1.82) is 0 Å². The van der Waals surface area contributed by atoms with Crippen molar-refractivity contribution in [3.05, 3.63) is 56.9 Å². The number of benzene rings is 2. The molecular formula is C17H13F6IN2O2. The summed E-state index contributed by atoms with van der Waals surface area (Å²) in [7, 11) is 0. The maximum absolute atomic E-state index is 14.3. The van der Waals surface area contributed by atoms with E-state index in [9.17, 15) is 36.6 Å². The summed E-state index contributed by atoms with van der Waals surface area (Å²) in [4.78, 5) is 0.829. The van der Waals surface area contributed by atoms with Gasteiger partial charge in [-0.1, -0.05) is 0 Å². The molecule has 0 aliphatic carbocycles. The standard InChI is InChI=1S/C17H13F6IN2O2/c18-10-3-2-9(15(27)26-6-16(28,7-26)17(21,22)23)14(13(10)20)25-12-4-1-8(24)5-11(12)19/h1-5,15,25,27-28H,6-7H2. The summed E-state index contributed by atoms with van der Waals surface area (Å²) in [5.74, 6) is -3.49. The Morgan fingerprint density at radius 2 is 1.71 bits per heavy atom. The van der Waals surface area contributed by atoms with E-state index in [2.05, 4.69) is 5.32 Å². The Hall–Kier alpha value is -1.57. The maximum atomic E-state index is 14.3. The van der Waals surface area contributed by atoms with Crippen LogP contribution in [0.1, 0.15) is 11.8 Å². The summed E-state index contributed by atoms with van der Waals surface area (Å²) in [5, 5.41) is 22.2. The van der Waals surface area contributed by atoms with Crippen LogP contribution >= 0.6 is 22.6 Å². The molecule has 0 spiro atoms. The Morgan fingerprint density at radius 1 is 1.07 bits per heavy atom. The fourth-order valence-corrected chi connectivity index (χ4v) is 3.26. The van der Waals surface area contributed by atoms with Gasteiger partial charge in [0, 0.05) is 22.2 Å². The van der Waals surface area contributed by atoms with Crippen molar-refractivity contribution < 1.29 is 36.6 Å². The molecule has 11 heteroatoms. The molecule has 1 heterocycles. The number of anilines is 2. The molecule has 0 amide bonds. The number of alkyl halides is 3. The highest BCUT2D eigenvalue weighted by Gasteiger charge is 2.62. The van der Waals surface area contributed by atoms with Gasteiger partial charge in [0.1, 0.15) is 12.0 Å². The molecule has 1 unspecified atom stereocenters. The van der Waals surface area contributed by atoms with Crippen molar-refractivity contribution in [2.24, 2.45) is 0 Å². The first kappa shape index (κ1) is 21.1. The highest BCUT2D eigenvalue weighted by atomic mass is 127. The average Bonchev–Trinajstić information content (AvgIpc) is 2.56. The van der Waals surface area contributed by atoms with Crippen LogP contribution in [0.5, 0.6) is 0 Å². The molecule has 1 fully saturated rings. The third kappa shape index (κ3) is 3.80. The van der Waals surface area contributed by atoms with Gasteiger partial charge in [-0.25, -0.2) is 13.2 Å². The van der Waals surface area contributed by atoms with Gasteiger partial charge in [0.15, 0.2) is 17.2 Å². The van der Waals surface area contributed by atoms with E-state index >= 15 is 0 Å². The number of nitrogens with one attached hydrogen (secondary N) is 1. The van der Waals surface area contributed by atoms with E-state index in [1.54, 1.807) is 0 Å². The normalized spacial score (nSPS) is 17.9. The van der Waals surface area contributed by atoms with Gasteiger partial charge in [-0.3, -0.25) is 4.90 Å². The van der Waals surface area contributed by atoms with Gasteiger partial charge in [-0.15, -0.1) is 0 Å². The van der Waals surface area contributed by atoms with Gasteiger partial charge in [-0.05, 0) is 52.9 Å². The number of nitrogens with zero attached hydrogens (tertiary/aromatic N) is 1. The minimum atomic E-state index is -4.90. The van der Waals surface area contributed by atoms with Crippen LogP contribution in [0.15, 0.2) is 30.3 Å². The zero-order valence-corrected chi connectivity index (χ0v) is 16.0. The predicted molar refractivity (Wildman–Crippen MR) is 96.3 cm³/mol. The highest BCUT2D eigenvalue weighted by Crippen LogP contribution is 2.42. The maximum Gasteiger partial charge on any atom is 0.419 e. The molecule has 1 atom stereocenters. The minimum absolute atomic E-state index is 0.214. The summed E-state index contributed by atoms with van der Waals surface area (Å²) >= 11 is 1.85. The molecule has 4 nitrogen and oxygen atoms in total. The minimum Gasteiger partial charge on any atom is -0.378 e. The van der Waals surface area contributed by atoms with Crippen molar-refractivity contribution in [1.82, 2.24) is 4.90 Å². The zero-order chi connectivity index (χ0) is 20.9. The van der Waals surface area contributed by atoms with E-state index in [0.29, 0.717) is 9.64 Å². The Labute approximate surface area is 168 Å². The lowest BCUT2D eigenvalue weighted by molar-refractivity contribution is -0.315. The number of rotatable bonds is 4. The van der Waals surface area contributed by atoms with Gasteiger partial charge in [-0.2, -0.15) is 13.2 Å². The van der Waals surface area contributed by atoms with Crippen molar-refractivity contribution in [2.45, 2.75) is 18.0 Å². The zero-order valence-electron chi connectivity index (χ0n) is 13.9. The number of aliphatic hydroxyl groups excluding tert-OH is 1. The number of hydrogen-bond donors (Lipinski definition) is 3. The number of hydrogen-bond acceptors (Lipinski definition) is 4. The molecule has 2 aromatic rings. The van der Waals surface area contributed by atoms with E-state index in [1.165, 1.54) is 12.1 Å². The lowest BCUT2D eigenvalue weighted by Gasteiger charge is -2.49. The van der Waals surface area contributed by atoms with Gasteiger partial charge in [0.2, 0.25) is 0 Å². The first-order chi connectivity index (χ1) is 12.9. The molecular weight excluding hydrogens is 505 g/mol. The third-order valence-electron chi connectivity index (χ3n) is 4.40. The Balaban J connectivity index is 1.91. The summed E-state index contributed by atoms with van der Waals surface area (Å²) in [5.41, 5.74) is -4.13. The fraction of sp³-hybridized carbons (Fsp3) is 0.294. The lowest BCUT2D eigenvalue weighted by Crippen LogP contribution is -2.69. The van der Waals surface area contributed by atoms with Gasteiger partial charge in [0.25, 0.3) is 0 Å². The van der Waals surface area contributed by atoms with E-state index < -0.39 is 54.2 Å². The third-order valence-corrected chi connectivity index (χ3v) is 5.07. The highest BCUT2D eigenvalue weighted by molar-refractivity contribution is 14.1. The van der Waals surface area contributed by atoms with Gasteiger partial charge < -0.3 is 15.5 Å². The molecule has 3 N–H and O–H groups in total. The van der Waals surface area contributed by atoms with Crippen molar-refractivity contribution in [2.75, 3.05) is 18.4 Å². The molecule has 152 valence electrons. The first-order valence-corrected chi connectivity index (χ1v) is 8.92. The Kier molecular flexibility index (Phi) is 5.55. The largest absolute Gasteiger partial charge is 0.419 e. The van der Waals surface area contributed by atoms with E-state index in [1.807, 2.05) is 22.6 Å². The Morgan fingerprint density at radius 3 is 2.29 bits per heavy atom. The van der Waals surface area contributed by atoms with Crippen molar-refractivity contribution >= 4 is 34.0 Å². The summed E-state index contributed by atoms with van der Waals surface area (Å²) in [6, 6.07) is 5.57. The van der Waals surface area contributed by atoms with Crippen LogP contribution in [0.25, 0.3) is 0 Å². The topological polar surface area (TPSA) is 55.7 Å². The summed E-state index contributed by atoms with van der Waals surface area (Å²) < 4.78 is 80.9. The molecule has 28 heavy (non-hydrogen) atoms. The molecule has 0 radical (unpaired) electrons. The molecule has 0 aromatic heterocycles. The molecule has 1 aliphatic heterocycles. The van der Waals surface area contributed by atoms with E-state index in [0.717, 1.165) is 17.0 Å². The van der Waals surface area contributed by atoms with Crippen LogP contribution < -0.4 is 5.32 Å². The number of β-amino-alcohol motifs (C(OH)–C–C–N with tert-alkyl or cyclic N) is 1. The molecule has 3 rings (SSSR count). The SMILES string of the molecule is OC(c1ccc(F)c(F)c1Nc1ccc(I)cc1F)N1CC(O)(C(F)(F)F)C1.